The normalized spacial score (nSPS) is 13.3. The summed E-state index contributed by atoms with van der Waals surface area (Å²) in [4.78, 5) is 17.6. The van der Waals surface area contributed by atoms with Crippen molar-refractivity contribution in [2.45, 2.75) is 26.7 Å². The van der Waals surface area contributed by atoms with E-state index in [9.17, 15) is 9.18 Å². The molecule has 0 aliphatic heterocycles. The molecule has 1 amide bonds. The minimum atomic E-state index is -0.855. The van der Waals surface area contributed by atoms with Crippen molar-refractivity contribution in [2.75, 3.05) is 12.0 Å². The number of hydrogen-bond donors (Lipinski definition) is 1. The average molecular weight is 385 g/mol. The number of carbonyl (C=O) groups is 1. The molecular weight excluding hydrogens is 363 g/mol. The van der Waals surface area contributed by atoms with E-state index in [1.807, 2.05) is 55.5 Å². The van der Waals surface area contributed by atoms with Crippen LogP contribution in [0.4, 0.5) is 10.1 Å². The molecule has 0 bridgehead atoms. The van der Waals surface area contributed by atoms with Gasteiger partial charge in [0, 0.05) is 5.39 Å². The van der Waals surface area contributed by atoms with Crippen molar-refractivity contribution in [1.82, 2.24) is 4.98 Å². The van der Waals surface area contributed by atoms with Crippen LogP contribution >= 0.6 is 11.6 Å². The Morgan fingerprint density at radius 2 is 1.93 bits per heavy atom. The predicted octanol–water partition coefficient (Wildman–Crippen LogP) is 5.74. The van der Waals surface area contributed by atoms with Gasteiger partial charge in [0.1, 0.15) is 0 Å². The average Bonchev–Trinajstić information content (AvgIpc) is 2.64. The Morgan fingerprint density at radius 3 is 2.63 bits per heavy atom. The van der Waals surface area contributed by atoms with Crippen LogP contribution in [0.15, 0.2) is 54.6 Å². The number of carbonyl (C=O) groups excluding carboxylic acids is 1. The topological polar surface area (TPSA) is 42.0 Å². The quantitative estimate of drug-likeness (QED) is 0.588. The molecule has 5 heteroatoms. The Hall–Kier alpha value is -2.46. The molecule has 3 nitrogen and oxygen atoms in total. The summed E-state index contributed by atoms with van der Waals surface area (Å²) in [5, 5.41) is 4.37. The summed E-state index contributed by atoms with van der Waals surface area (Å²) in [6, 6.07) is 17.1. The molecule has 27 heavy (non-hydrogen) atoms. The lowest BCUT2D eigenvalue weighted by molar-refractivity contribution is -0.125. The number of alkyl halides is 1. The monoisotopic (exact) mass is 384 g/mol. The van der Waals surface area contributed by atoms with E-state index in [1.54, 1.807) is 13.0 Å². The van der Waals surface area contributed by atoms with Gasteiger partial charge in [0.25, 0.3) is 0 Å². The van der Waals surface area contributed by atoms with Crippen LogP contribution < -0.4 is 5.32 Å². The second-order valence-corrected chi connectivity index (χ2v) is 7.46. The number of nitrogens with zero attached hydrogens (tertiary/aromatic N) is 1. The smallest absolute Gasteiger partial charge is 0.230 e. The maximum absolute atomic E-state index is 13.2. The molecule has 0 aliphatic rings. The fourth-order valence-corrected chi connectivity index (χ4v) is 3.42. The van der Waals surface area contributed by atoms with E-state index in [4.69, 9.17) is 11.6 Å². The maximum atomic E-state index is 13.2. The van der Waals surface area contributed by atoms with Gasteiger partial charge in [-0.1, -0.05) is 61.0 Å². The Bertz CT molecular complexity index is 961. The number of para-hydroxylation sites is 1. The first-order valence-electron chi connectivity index (χ1n) is 8.90. The van der Waals surface area contributed by atoms with Gasteiger partial charge in [0.15, 0.2) is 0 Å². The zero-order chi connectivity index (χ0) is 19.4. The van der Waals surface area contributed by atoms with Crippen LogP contribution in [-0.2, 0) is 11.2 Å². The molecule has 1 N–H and O–H groups in total. The van der Waals surface area contributed by atoms with E-state index >= 15 is 0 Å². The number of hydrogen-bond acceptors (Lipinski definition) is 2. The number of nitrogens with one attached hydrogen (secondary N) is 1. The number of rotatable bonds is 6. The Labute approximate surface area is 163 Å². The molecule has 0 spiro atoms. The first-order valence-corrected chi connectivity index (χ1v) is 9.28. The first kappa shape index (κ1) is 19.3. The summed E-state index contributed by atoms with van der Waals surface area (Å²) in [5.41, 5.74) is 2.14. The largest absolute Gasteiger partial charge is 0.324 e. The lowest BCUT2D eigenvalue weighted by Crippen LogP contribution is -2.36. The minimum absolute atomic E-state index is 0.152. The molecule has 3 aromatic rings. The molecule has 1 unspecified atom stereocenters. The highest BCUT2D eigenvalue weighted by Gasteiger charge is 2.33. The molecule has 1 atom stereocenters. The zero-order valence-corrected chi connectivity index (χ0v) is 16.2. The van der Waals surface area contributed by atoms with Crippen LogP contribution in [0.25, 0.3) is 10.9 Å². The Morgan fingerprint density at radius 1 is 1.19 bits per heavy atom. The number of halogens is 2. The van der Waals surface area contributed by atoms with Crippen molar-refractivity contribution in [3.8, 4) is 0 Å². The number of aromatic nitrogens is 1. The van der Waals surface area contributed by atoms with Crippen molar-refractivity contribution in [3.63, 3.8) is 0 Å². The van der Waals surface area contributed by atoms with Crippen molar-refractivity contribution >= 4 is 34.1 Å². The summed E-state index contributed by atoms with van der Waals surface area (Å²) in [5.74, 6) is -0.213. The van der Waals surface area contributed by atoms with Crippen LogP contribution in [0.5, 0.6) is 0 Å². The van der Waals surface area contributed by atoms with E-state index in [0.29, 0.717) is 28.3 Å². The summed E-state index contributed by atoms with van der Waals surface area (Å²) < 4.78 is 13.2. The van der Waals surface area contributed by atoms with E-state index < -0.39 is 12.1 Å². The van der Waals surface area contributed by atoms with Crippen LogP contribution in [0, 0.1) is 12.3 Å². The third-order valence-corrected chi connectivity index (χ3v) is 5.17. The summed E-state index contributed by atoms with van der Waals surface area (Å²) >= 11 is 6.20. The number of pyridine rings is 1. The molecule has 0 aliphatic carbocycles. The van der Waals surface area contributed by atoms with Gasteiger partial charge in [-0.15, -0.1) is 0 Å². The second kappa shape index (κ2) is 8.05. The first-order chi connectivity index (χ1) is 12.9. The van der Waals surface area contributed by atoms with E-state index in [0.717, 1.165) is 10.9 Å². The molecule has 1 aromatic heterocycles. The van der Waals surface area contributed by atoms with Gasteiger partial charge in [-0.3, -0.25) is 9.18 Å². The standard InChI is InChI=1S/C22H22ClFN2O/c1-15-19(13-17-9-6-10-18(23)20(17)25-15)26-21(27)22(2,11-12-24)14-16-7-4-3-5-8-16/h3-10,13H,11-12,14H2,1-2H3,(H,26,27). The van der Waals surface area contributed by atoms with Crippen LogP contribution in [-0.4, -0.2) is 17.6 Å². The van der Waals surface area contributed by atoms with Crippen LogP contribution in [0.3, 0.4) is 0 Å². The van der Waals surface area contributed by atoms with Gasteiger partial charge >= 0.3 is 0 Å². The molecule has 0 radical (unpaired) electrons. The third kappa shape index (κ3) is 4.28. The van der Waals surface area contributed by atoms with Crippen LogP contribution in [0.1, 0.15) is 24.6 Å². The lowest BCUT2D eigenvalue weighted by Gasteiger charge is -2.28. The fraction of sp³-hybridized carbons (Fsp3) is 0.273. The predicted molar refractivity (Wildman–Crippen MR) is 109 cm³/mol. The fourth-order valence-electron chi connectivity index (χ4n) is 3.19. The van der Waals surface area contributed by atoms with Gasteiger partial charge in [-0.05, 0) is 37.5 Å². The van der Waals surface area contributed by atoms with Crippen molar-refractivity contribution in [2.24, 2.45) is 5.41 Å². The Balaban J connectivity index is 1.89. The molecule has 0 saturated heterocycles. The highest BCUT2D eigenvalue weighted by Crippen LogP contribution is 2.31. The summed E-state index contributed by atoms with van der Waals surface area (Å²) in [7, 11) is 0. The molecule has 1 heterocycles. The lowest BCUT2D eigenvalue weighted by atomic mass is 9.80. The van der Waals surface area contributed by atoms with Crippen molar-refractivity contribution in [3.05, 3.63) is 70.9 Å². The van der Waals surface area contributed by atoms with E-state index in [-0.39, 0.29) is 12.3 Å². The van der Waals surface area contributed by atoms with Gasteiger partial charge in [0.2, 0.25) is 5.91 Å². The highest BCUT2D eigenvalue weighted by atomic mass is 35.5. The van der Waals surface area contributed by atoms with Crippen LogP contribution in [0.2, 0.25) is 5.02 Å². The molecule has 2 aromatic carbocycles. The SMILES string of the molecule is Cc1nc2c(Cl)cccc2cc1NC(=O)C(C)(CCF)Cc1ccccc1. The molecule has 0 saturated carbocycles. The number of anilines is 1. The number of aryl methyl sites for hydroxylation is 1. The minimum Gasteiger partial charge on any atom is -0.324 e. The Kier molecular flexibility index (Phi) is 5.76. The van der Waals surface area contributed by atoms with Crippen molar-refractivity contribution in [1.29, 1.82) is 0 Å². The molecule has 3 rings (SSSR count). The zero-order valence-electron chi connectivity index (χ0n) is 15.4. The highest BCUT2D eigenvalue weighted by molar-refractivity contribution is 6.35. The van der Waals surface area contributed by atoms with Gasteiger partial charge in [-0.2, -0.15) is 0 Å². The molecule has 0 fully saturated rings. The summed E-state index contributed by atoms with van der Waals surface area (Å²) in [6.45, 7) is 3.07. The third-order valence-electron chi connectivity index (χ3n) is 4.87. The van der Waals surface area contributed by atoms with E-state index in [1.165, 1.54) is 0 Å². The second-order valence-electron chi connectivity index (χ2n) is 7.05. The van der Waals surface area contributed by atoms with Gasteiger partial charge in [-0.25, -0.2) is 4.98 Å². The summed E-state index contributed by atoms with van der Waals surface area (Å²) in [6.07, 6.45) is 0.620. The van der Waals surface area contributed by atoms with Gasteiger partial charge in [0.05, 0.1) is 34.0 Å². The van der Waals surface area contributed by atoms with Gasteiger partial charge < -0.3 is 5.32 Å². The number of benzene rings is 2. The molecular formula is C22H22ClFN2O. The number of amides is 1. The maximum Gasteiger partial charge on any atom is 0.230 e. The van der Waals surface area contributed by atoms with Crippen molar-refractivity contribution < 1.29 is 9.18 Å². The van der Waals surface area contributed by atoms with E-state index in [2.05, 4.69) is 10.3 Å². The molecule has 140 valence electrons. The number of fused-ring (bicyclic) bond motifs is 1.